The second-order valence-electron chi connectivity index (χ2n) is 6.45. The van der Waals surface area contributed by atoms with Gasteiger partial charge in [-0.25, -0.2) is 0 Å². The van der Waals surface area contributed by atoms with E-state index in [9.17, 15) is 13.5 Å². The number of aliphatic hydroxyl groups excluding tert-OH is 1. The van der Waals surface area contributed by atoms with Crippen LogP contribution in [0.2, 0.25) is 0 Å². The van der Waals surface area contributed by atoms with Crippen LogP contribution in [-0.4, -0.2) is 43.6 Å². The van der Waals surface area contributed by atoms with E-state index < -0.39 is 10.2 Å². The summed E-state index contributed by atoms with van der Waals surface area (Å²) in [5, 5.41) is 9.20. The summed E-state index contributed by atoms with van der Waals surface area (Å²) in [6.45, 7) is 1.14. The molecular formula is C13H24N2O3S. The Hall–Kier alpha value is -0.170. The van der Waals surface area contributed by atoms with Gasteiger partial charge in [0.2, 0.25) is 0 Å². The molecule has 1 aliphatic heterocycles. The fraction of sp³-hybridized carbons (Fsp3) is 1.00. The number of hydrogen-bond donors (Lipinski definition) is 2. The molecule has 0 amide bonds. The van der Waals surface area contributed by atoms with E-state index in [-0.39, 0.29) is 18.6 Å². The highest BCUT2D eigenvalue weighted by Crippen LogP contribution is 2.44. The summed E-state index contributed by atoms with van der Waals surface area (Å²) < 4.78 is 29.3. The summed E-state index contributed by atoms with van der Waals surface area (Å²) in [7, 11) is -3.36. The fourth-order valence-electron chi connectivity index (χ4n) is 4.05. The van der Waals surface area contributed by atoms with Crippen molar-refractivity contribution in [2.75, 3.05) is 19.7 Å². The molecule has 0 aromatic heterocycles. The molecule has 2 saturated carbocycles. The maximum absolute atomic E-state index is 12.4. The quantitative estimate of drug-likeness (QED) is 0.800. The lowest BCUT2D eigenvalue weighted by molar-refractivity contribution is 0.164. The van der Waals surface area contributed by atoms with Gasteiger partial charge in [-0.1, -0.05) is 6.42 Å². The van der Waals surface area contributed by atoms with Crippen LogP contribution in [0.15, 0.2) is 0 Å². The maximum atomic E-state index is 12.4. The topological polar surface area (TPSA) is 69.6 Å². The smallest absolute Gasteiger partial charge is 0.279 e. The lowest BCUT2D eigenvalue weighted by atomic mass is 9.96. The van der Waals surface area contributed by atoms with Gasteiger partial charge in [-0.15, -0.1) is 0 Å². The number of aliphatic hydroxyl groups is 1. The van der Waals surface area contributed by atoms with Crippen LogP contribution in [0, 0.1) is 17.8 Å². The molecule has 3 aliphatic rings. The van der Waals surface area contributed by atoms with Crippen molar-refractivity contribution in [2.45, 2.75) is 44.6 Å². The average Bonchev–Trinajstić information content (AvgIpc) is 3.00. The van der Waals surface area contributed by atoms with Gasteiger partial charge in [-0.05, 0) is 49.9 Å². The molecule has 6 heteroatoms. The minimum Gasteiger partial charge on any atom is -0.396 e. The number of rotatable bonds is 4. The Balaban J connectivity index is 1.62. The molecule has 2 N–H and O–H groups in total. The van der Waals surface area contributed by atoms with E-state index in [2.05, 4.69) is 4.72 Å². The van der Waals surface area contributed by atoms with Gasteiger partial charge >= 0.3 is 0 Å². The van der Waals surface area contributed by atoms with Crippen LogP contribution < -0.4 is 4.72 Å². The van der Waals surface area contributed by atoms with Gasteiger partial charge in [0.15, 0.2) is 0 Å². The zero-order valence-corrected chi connectivity index (χ0v) is 12.1. The SMILES string of the molecule is O=S(=O)(NC1CC2CCC1C2)N1CCCC(CO)C1. The predicted octanol–water partition coefficient (Wildman–Crippen LogP) is 0.714. The molecule has 0 radical (unpaired) electrons. The summed E-state index contributed by atoms with van der Waals surface area (Å²) in [5.74, 6) is 1.40. The third-order valence-electron chi connectivity index (χ3n) is 5.12. The van der Waals surface area contributed by atoms with Gasteiger partial charge in [0.1, 0.15) is 0 Å². The molecule has 4 atom stereocenters. The van der Waals surface area contributed by atoms with Crippen molar-refractivity contribution >= 4 is 10.2 Å². The summed E-state index contributed by atoms with van der Waals surface area (Å²) in [6.07, 6.45) is 6.45. The maximum Gasteiger partial charge on any atom is 0.279 e. The number of piperidine rings is 1. The molecule has 2 aliphatic carbocycles. The summed E-state index contributed by atoms with van der Waals surface area (Å²) in [4.78, 5) is 0. The van der Waals surface area contributed by atoms with Gasteiger partial charge in [0.25, 0.3) is 10.2 Å². The van der Waals surface area contributed by atoms with Crippen LogP contribution in [0.4, 0.5) is 0 Å². The number of nitrogens with one attached hydrogen (secondary N) is 1. The minimum absolute atomic E-state index is 0.0835. The summed E-state index contributed by atoms with van der Waals surface area (Å²) in [5.41, 5.74) is 0. The number of nitrogens with zero attached hydrogens (tertiary/aromatic N) is 1. The first-order valence-corrected chi connectivity index (χ1v) is 8.91. The van der Waals surface area contributed by atoms with Crippen molar-refractivity contribution in [1.29, 1.82) is 0 Å². The molecule has 5 nitrogen and oxygen atoms in total. The molecule has 19 heavy (non-hydrogen) atoms. The molecule has 2 bridgehead atoms. The molecule has 4 unspecified atom stereocenters. The number of hydrogen-bond acceptors (Lipinski definition) is 3. The molecule has 3 rings (SSSR count). The second-order valence-corrected chi connectivity index (χ2v) is 8.16. The fourth-order valence-corrected chi connectivity index (χ4v) is 5.65. The highest BCUT2D eigenvalue weighted by atomic mass is 32.2. The Labute approximate surface area is 115 Å². The first-order valence-electron chi connectivity index (χ1n) is 7.46. The molecule has 1 saturated heterocycles. The first kappa shape index (κ1) is 13.8. The van der Waals surface area contributed by atoms with E-state index in [4.69, 9.17) is 0 Å². The van der Waals surface area contributed by atoms with E-state index >= 15 is 0 Å². The van der Waals surface area contributed by atoms with Crippen molar-refractivity contribution in [3.05, 3.63) is 0 Å². The van der Waals surface area contributed by atoms with Crippen molar-refractivity contribution in [1.82, 2.24) is 9.03 Å². The van der Waals surface area contributed by atoms with Crippen molar-refractivity contribution < 1.29 is 13.5 Å². The highest BCUT2D eigenvalue weighted by molar-refractivity contribution is 7.87. The average molecular weight is 288 g/mol. The van der Waals surface area contributed by atoms with E-state index in [1.165, 1.54) is 23.6 Å². The molecule has 0 aromatic carbocycles. The molecule has 3 fully saturated rings. The normalized spacial score (nSPS) is 39.8. The van der Waals surface area contributed by atoms with Crippen LogP contribution in [0.1, 0.15) is 38.5 Å². The zero-order valence-electron chi connectivity index (χ0n) is 11.3. The van der Waals surface area contributed by atoms with E-state index in [0.717, 1.165) is 25.2 Å². The van der Waals surface area contributed by atoms with Crippen LogP contribution in [0.25, 0.3) is 0 Å². The molecular weight excluding hydrogens is 264 g/mol. The van der Waals surface area contributed by atoms with E-state index in [1.54, 1.807) is 0 Å². The third kappa shape index (κ3) is 2.82. The first-order chi connectivity index (χ1) is 9.08. The summed E-state index contributed by atoms with van der Waals surface area (Å²) >= 11 is 0. The van der Waals surface area contributed by atoms with E-state index in [1.807, 2.05) is 0 Å². The van der Waals surface area contributed by atoms with Crippen LogP contribution in [-0.2, 0) is 10.2 Å². The molecule has 0 aromatic rings. The molecule has 1 heterocycles. The Bertz CT molecular complexity index is 426. The Morgan fingerprint density at radius 2 is 2.05 bits per heavy atom. The van der Waals surface area contributed by atoms with Gasteiger partial charge < -0.3 is 5.11 Å². The van der Waals surface area contributed by atoms with Crippen LogP contribution in [0.3, 0.4) is 0 Å². The zero-order chi connectivity index (χ0) is 13.5. The predicted molar refractivity (Wildman–Crippen MR) is 72.7 cm³/mol. The number of fused-ring (bicyclic) bond motifs is 2. The lowest BCUT2D eigenvalue weighted by Gasteiger charge is -2.33. The van der Waals surface area contributed by atoms with Gasteiger partial charge in [0, 0.05) is 25.7 Å². The van der Waals surface area contributed by atoms with Crippen LogP contribution >= 0.6 is 0 Å². The van der Waals surface area contributed by atoms with Crippen molar-refractivity contribution in [3.8, 4) is 0 Å². The van der Waals surface area contributed by atoms with E-state index in [0.29, 0.717) is 19.0 Å². The van der Waals surface area contributed by atoms with Crippen molar-refractivity contribution in [3.63, 3.8) is 0 Å². The summed E-state index contributed by atoms with van der Waals surface area (Å²) in [6, 6.07) is 0.151. The van der Waals surface area contributed by atoms with Crippen LogP contribution in [0.5, 0.6) is 0 Å². The van der Waals surface area contributed by atoms with Gasteiger partial charge in [-0.3, -0.25) is 0 Å². The second kappa shape index (κ2) is 5.31. The van der Waals surface area contributed by atoms with Gasteiger partial charge in [-0.2, -0.15) is 17.4 Å². The third-order valence-corrected chi connectivity index (χ3v) is 6.73. The minimum atomic E-state index is -3.36. The Kier molecular flexibility index (Phi) is 3.86. The molecule has 110 valence electrons. The standard InChI is InChI=1S/C13H24N2O3S/c16-9-11-2-1-5-15(8-11)19(17,18)14-13-7-10-3-4-12(13)6-10/h10-14,16H,1-9H2. The molecule has 0 spiro atoms. The van der Waals surface area contributed by atoms with Gasteiger partial charge in [0.05, 0.1) is 0 Å². The van der Waals surface area contributed by atoms with Crippen molar-refractivity contribution in [2.24, 2.45) is 17.8 Å². The Morgan fingerprint density at radius 1 is 1.21 bits per heavy atom. The monoisotopic (exact) mass is 288 g/mol. The lowest BCUT2D eigenvalue weighted by Crippen LogP contribution is -2.50. The highest BCUT2D eigenvalue weighted by Gasteiger charge is 2.42. The largest absolute Gasteiger partial charge is 0.396 e. The Morgan fingerprint density at radius 3 is 2.68 bits per heavy atom.